The second-order valence-corrected chi connectivity index (χ2v) is 4.92. The van der Waals surface area contributed by atoms with Gasteiger partial charge in [-0.1, -0.05) is 17.7 Å². The highest BCUT2D eigenvalue weighted by Gasteiger charge is 2.14. The van der Waals surface area contributed by atoms with E-state index in [9.17, 15) is 9.18 Å². The topological polar surface area (TPSA) is 54.0 Å². The lowest BCUT2D eigenvalue weighted by atomic mass is 10.2. The van der Waals surface area contributed by atoms with Crippen LogP contribution in [-0.4, -0.2) is 17.4 Å². The van der Waals surface area contributed by atoms with Gasteiger partial charge in [-0.25, -0.2) is 9.37 Å². The van der Waals surface area contributed by atoms with Gasteiger partial charge < -0.3 is 10.6 Å². The molecule has 1 aromatic carbocycles. The van der Waals surface area contributed by atoms with E-state index in [0.717, 1.165) is 5.56 Å². The molecule has 1 aromatic heterocycles. The van der Waals surface area contributed by atoms with Gasteiger partial charge in [0.05, 0.1) is 16.3 Å². The van der Waals surface area contributed by atoms with Crippen LogP contribution in [0.3, 0.4) is 0 Å². The van der Waals surface area contributed by atoms with Crippen LogP contribution in [0.15, 0.2) is 30.5 Å². The number of nitrogens with one attached hydrogen (secondary N) is 2. The van der Waals surface area contributed by atoms with E-state index in [1.165, 1.54) is 24.4 Å². The Kier molecular flexibility index (Phi) is 4.75. The molecule has 110 valence electrons. The van der Waals surface area contributed by atoms with Gasteiger partial charge in [-0.05, 0) is 37.6 Å². The molecule has 0 radical (unpaired) electrons. The lowest BCUT2D eigenvalue weighted by Gasteiger charge is -2.10. The molecule has 21 heavy (non-hydrogen) atoms. The first-order valence-electron chi connectivity index (χ1n) is 6.48. The normalized spacial score (nSPS) is 10.3. The van der Waals surface area contributed by atoms with Gasteiger partial charge >= 0.3 is 0 Å². The molecule has 2 aromatic rings. The van der Waals surface area contributed by atoms with Gasteiger partial charge in [-0.3, -0.25) is 4.79 Å². The molecule has 0 aliphatic heterocycles. The van der Waals surface area contributed by atoms with Crippen LogP contribution < -0.4 is 10.6 Å². The van der Waals surface area contributed by atoms with Crippen molar-refractivity contribution < 1.29 is 9.18 Å². The molecule has 4 nitrogen and oxygen atoms in total. The molecule has 1 heterocycles. The molecule has 0 aliphatic carbocycles. The summed E-state index contributed by atoms with van der Waals surface area (Å²) < 4.78 is 13.8. The molecular weight excluding hydrogens is 293 g/mol. The van der Waals surface area contributed by atoms with E-state index in [4.69, 9.17) is 11.6 Å². The van der Waals surface area contributed by atoms with Crippen molar-refractivity contribution in [2.75, 3.05) is 17.2 Å². The molecule has 0 saturated carbocycles. The predicted molar refractivity (Wildman–Crippen MR) is 82.5 cm³/mol. The maximum absolute atomic E-state index is 13.8. The van der Waals surface area contributed by atoms with Crippen molar-refractivity contribution in [3.8, 4) is 0 Å². The van der Waals surface area contributed by atoms with Crippen LogP contribution in [0.4, 0.5) is 15.9 Å². The Morgan fingerprint density at radius 3 is 2.81 bits per heavy atom. The maximum Gasteiger partial charge on any atom is 0.257 e. The minimum absolute atomic E-state index is 0.114. The highest BCUT2D eigenvalue weighted by atomic mass is 35.5. The van der Waals surface area contributed by atoms with Gasteiger partial charge in [0, 0.05) is 12.7 Å². The summed E-state index contributed by atoms with van der Waals surface area (Å²) in [6.45, 7) is 4.36. The zero-order valence-corrected chi connectivity index (χ0v) is 12.5. The number of carbonyl (C=O) groups excluding carboxylic acids is 1. The molecule has 2 rings (SSSR count). The van der Waals surface area contributed by atoms with Gasteiger partial charge in [-0.15, -0.1) is 0 Å². The Hall–Kier alpha value is -2.14. The number of halogens is 2. The second kappa shape index (κ2) is 6.54. The summed E-state index contributed by atoms with van der Waals surface area (Å²) in [6.07, 6.45) is 1.39. The molecule has 0 fully saturated rings. The molecule has 0 aliphatic rings. The fourth-order valence-electron chi connectivity index (χ4n) is 1.80. The summed E-state index contributed by atoms with van der Waals surface area (Å²) in [7, 11) is 0. The van der Waals surface area contributed by atoms with Crippen molar-refractivity contribution in [1.29, 1.82) is 0 Å². The monoisotopic (exact) mass is 307 g/mol. The third-order valence-electron chi connectivity index (χ3n) is 2.83. The van der Waals surface area contributed by atoms with Crippen LogP contribution >= 0.6 is 11.6 Å². The predicted octanol–water partition coefficient (Wildman–Crippen LogP) is 3.87. The molecule has 1 amide bonds. The van der Waals surface area contributed by atoms with E-state index in [-0.39, 0.29) is 16.3 Å². The number of aromatic nitrogens is 1. The first-order chi connectivity index (χ1) is 10.0. The third kappa shape index (κ3) is 3.70. The zero-order valence-electron chi connectivity index (χ0n) is 11.7. The van der Waals surface area contributed by atoms with E-state index in [0.29, 0.717) is 12.4 Å². The molecule has 0 atom stereocenters. The number of rotatable bonds is 4. The maximum atomic E-state index is 13.8. The van der Waals surface area contributed by atoms with Crippen molar-refractivity contribution in [2.24, 2.45) is 0 Å². The van der Waals surface area contributed by atoms with E-state index >= 15 is 0 Å². The van der Waals surface area contributed by atoms with E-state index in [2.05, 4.69) is 15.6 Å². The van der Waals surface area contributed by atoms with Crippen molar-refractivity contribution in [1.82, 2.24) is 4.98 Å². The number of anilines is 2. The summed E-state index contributed by atoms with van der Waals surface area (Å²) in [5.74, 6) is -0.429. The second-order valence-electron chi connectivity index (χ2n) is 4.52. The van der Waals surface area contributed by atoms with Gasteiger partial charge in [0.15, 0.2) is 0 Å². The fourth-order valence-corrected chi connectivity index (χ4v) is 1.99. The number of carbonyl (C=O) groups is 1. The summed E-state index contributed by atoms with van der Waals surface area (Å²) in [5.41, 5.74) is 1.13. The minimum Gasteiger partial charge on any atom is -0.370 e. The fraction of sp³-hybridized carbons (Fsp3) is 0.200. The molecule has 6 heteroatoms. The number of nitrogens with zero attached hydrogens (tertiary/aromatic N) is 1. The molecule has 0 bridgehead atoms. The Balaban J connectivity index is 2.25. The third-order valence-corrected chi connectivity index (χ3v) is 3.13. The molecule has 2 N–H and O–H groups in total. The first kappa shape index (κ1) is 15.3. The highest BCUT2D eigenvalue weighted by Crippen LogP contribution is 2.21. The van der Waals surface area contributed by atoms with Gasteiger partial charge in [0.1, 0.15) is 11.6 Å². The average molecular weight is 308 g/mol. The van der Waals surface area contributed by atoms with Crippen LogP contribution in [-0.2, 0) is 0 Å². The minimum atomic E-state index is -0.486. The van der Waals surface area contributed by atoms with E-state index in [1.807, 2.05) is 6.92 Å². The molecule has 0 saturated heterocycles. The Morgan fingerprint density at radius 2 is 2.14 bits per heavy atom. The van der Waals surface area contributed by atoms with Gasteiger partial charge in [-0.2, -0.15) is 0 Å². The highest BCUT2D eigenvalue weighted by molar-refractivity contribution is 6.34. The number of amides is 1. The van der Waals surface area contributed by atoms with Gasteiger partial charge in [0.2, 0.25) is 0 Å². The Morgan fingerprint density at radius 1 is 1.38 bits per heavy atom. The standard InChI is InChI=1S/C15H15ClFN3O/c1-3-18-14-7-10(11(16)8-19-14)15(21)20-13-5-4-9(2)6-12(13)17/h4-8H,3H2,1-2H3,(H,18,19)(H,20,21). The summed E-state index contributed by atoms with van der Waals surface area (Å²) >= 11 is 5.98. The number of hydrogen-bond donors (Lipinski definition) is 2. The van der Waals surface area contributed by atoms with E-state index < -0.39 is 11.7 Å². The number of aryl methyl sites for hydroxylation is 1. The quantitative estimate of drug-likeness (QED) is 0.901. The van der Waals surface area contributed by atoms with Crippen molar-refractivity contribution >= 4 is 29.0 Å². The number of pyridine rings is 1. The Bertz CT molecular complexity index is 676. The number of benzene rings is 1. The average Bonchev–Trinajstić information content (AvgIpc) is 2.44. The lowest BCUT2D eigenvalue weighted by molar-refractivity contribution is 0.102. The lowest BCUT2D eigenvalue weighted by Crippen LogP contribution is -2.14. The van der Waals surface area contributed by atoms with Gasteiger partial charge in [0.25, 0.3) is 5.91 Å². The first-order valence-corrected chi connectivity index (χ1v) is 6.86. The van der Waals surface area contributed by atoms with Crippen LogP contribution in [0.1, 0.15) is 22.8 Å². The van der Waals surface area contributed by atoms with Crippen LogP contribution in [0.2, 0.25) is 5.02 Å². The Labute approximate surface area is 127 Å². The zero-order chi connectivity index (χ0) is 15.4. The smallest absolute Gasteiger partial charge is 0.257 e. The molecule has 0 unspecified atom stereocenters. The van der Waals surface area contributed by atoms with Crippen LogP contribution in [0.25, 0.3) is 0 Å². The van der Waals surface area contributed by atoms with Crippen LogP contribution in [0.5, 0.6) is 0 Å². The summed E-state index contributed by atoms with van der Waals surface area (Å²) in [6, 6.07) is 6.13. The SMILES string of the molecule is CCNc1cc(C(=O)Nc2ccc(C)cc2F)c(Cl)cn1. The summed E-state index contributed by atoms with van der Waals surface area (Å²) in [5, 5.41) is 5.71. The summed E-state index contributed by atoms with van der Waals surface area (Å²) in [4.78, 5) is 16.3. The van der Waals surface area contributed by atoms with E-state index in [1.54, 1.807) is 13.0 Å². The number of hydrogen-bond acceptors (Lipinski definition) is 3. The van der Waals surface area contributed by atoms with Crippen LogP contribution in [0, 0.1) is 12.7 Å². The van der Waals surface area contributed by atoms with Crippen molar-refractivity contribution in [2.45, 2.75) is 13.8 Å². The molecule has 0 spiro atoms. The van der Waals surface area contributed by atoms with Crippen molar-refractivity contribution in [3.05, 3.63) is 52.4 Å². The largest absolute Gasteiger partial charge is 0.370 e. The van der Waals surface area contributed by atoms with Crippen molar-refractivity contribution in [3.63, 3.8) is 0 Å². The molecular formula is C15H15ClFN3O.